The molecule has 3 unspecified atom stereocenters. The van der Waals surface area contributed by atoms with Crippen molar-refractivity contribution < 1.29 is 5.11 Å². The Balaban J connectivity index is 1.22. The highest BCUT2D eigenvalue weighted by Crippen LogP contribution is 2.48. The second kappa shape index (κ2) is 7.52. The van der Waals surface area contributed by atoms with Crippen LogP contribution in [0.3, 0.4) is 0 Å². The molecule has 0 aromatic heterocycles. The van der Waals surface area contributed by atoms with Gasteiger partial charge >= 0.3 is 0 Å². The van der Waals surface area contributed by atoms with Crippen LogP contribution in [-0.2, 0) is 0 Å². The molecule has 4 aliphatic rings. The topological polar surface area (TPSA) is 20.2 Å². The van der Waals surface area contributed by atoms with Crippen molar-refractivity contribution in [3.63, 3.8) is 0 Å². The number of unbranched alkanes of at least 4 members (excludes halogenated alkanes) is 2. The van der Waals surface area contributed by atoms with E-state index in [4.69, 9.17) is 0 Å². The summed E-state index contributed by atoms with van der Waals surface area (Å²) in [6, 6.07) is 0. The van der Waals surface area contributed by atoms with Crippen LogP contribution in [0, 0.1) is 29.6 Å². The van der Waals surface area contributed by atoms with Gasteiger partial charge in [-0.25, -0.2) is 0 Å². The molecule has 0 aliphatic heterocycles. The van der Waals surface area contributed by atoms with Crippen LogP contribution in [0.5, 0.6) is 0 Å². The van der Waals surface area contributed by atoms with Crippen molar-refractivity contribution >= 4 is 0 Å². The summed E-state index contributed by atoms with van der Waals surface area (Å²) in [5.41, 5.74) is -0.303. The molecule has 3 saturated carbocycles. The third-order valence-electron chi connectivity index (χ3n) is 8.19. The van der Waals surface area contributed by atoms with Crippen molar-refractivity contribution in [2.45, 2.75) is 102 Å². The number of hydrogen-bond acceptors (Lipinski definition) is 1. The summed E-state index contributed by atoms with van der Waals surface area (Å²) in [6.07, 6.45) is 25.0. The van der Waals surface area contributed by atoms with Gasteiger partial charge in [0.2, 0.25) is 0 Å². The largest absolute Gasteiger partial charge is 0.389 e. The molecule has 1 nitrogen and oxygen atoms in total. The summed E-state index contributed by atoms with van der Waals surface area (Å²) in [4.78, 5) is 0. The van der Waals surface area contributed by atoms with Gasteiger partial charge in [0, 0.05) is 0 Å². The smallest absolute Gasteiger partial charge is 0.0703 e. The Bertz CT molecular complexity index is 411. The third kappa shape index (κ3) is 3.48. The minimum absolute atomic E-state index is 0.303. The van der Waals surface area contributed by atoms with Gasteiger partial charge < -0.3 is 5.11 Å². The van der Waals surface area contributed by atoms with Gasteiger partial charge in [0.15, 0.2) is 0 Å². The minimum Gasteiger partial charge on any atom is -0.389 e. The van der Waals surface area contributed by atoms with Crippen LogP contribution in [0.25, 0.3) is 0 Å². The summed E-state index contributed by atoms with van der Waals surface area (Å²) < 4.78 is 0. The fraction of sp³-hybridized carbons (Fsp3) is 0.913. The first-order valence-corrected chi connectivity index (χ1v) is 11.2. The summed E-state index contributed by atoms with van der Waals surface area (Å²) in [5, 5.41) is 11.6. The molecule has 4 aliphatic carbocycles. The van der Waals surface area contributed by atoms with Gasteiger partial charge in [0.25, 0.3) is 0 Å². The Morgan fingerprint density at radius 1 is 0.792 bits per heavy atom. The lowest BCUT2D eigenvalue weighted by atomic mass is 9.72. The summed E-state index contributed by atoms with van der Waals surface area (Å²) in [7, 11) is 0. The van der Waals surface area contributed by atoms with Crippen molar-refractivity contribution in [1.82, 2.24) is 0 Å². The van der Waals surface area contributed by atoms with Crippen molar-refractivity contribution in [3.05, 3.63) is 12.2 Å². The fourth-order valence-corrected chi connectivity index (χ4v) is 6.81. The molecular weight excluding hydrogens is 292 g/mol. The zero-order valence-electron chi connectivity index (χ0n) is 15.6. The Labute approximate surface area is 149 Å². The maximum Gasteiger partial charge on any atom is 0.0703 e. The molecule has 0 heterocycles. The lowest BCUT2D eigenvalue weighted by Gasteiger charge is -2.40. The number of fused-ring (bicyclic) bond motifs is 2. The molecular formula is C23H38O. The maximum atomic E-state index is 11.6. The number of hydrogen-bond donors (Lipinski definition) is 1. The predicted molar refractivity (Wildman–Crippen MR) is 101 cm³/mol. The molecule has 1 N–H and O–H groups in total. The van der Waals surface area contributed by atoms with Crippen molar-refractivity contribution in [2.75, 3.05) is 0 Å². The molecule has 4 rings (SSSR count). The van der Waals surface area contributed by atoms with Gasteiger partial charge in [-0.15, -0.1) is 0 Å². The highest BCUT2D eigenvalue weighted by atomic mass is 16.3. The first-order chi connectivity index (χ1) is 11.8. The molecule has 0 amide bonds. The van der Waals surface area contributed by atoms with Gasteiger partial charge in [-0.3, -0.25) is 0 Å². The van der Waals surface area contributed by atoms with Gasteiger partial charge in [-0.2, -0.15) is 0 Å². The molecule has 0 aromatic rings. The van der Waals surface area contributed by atoms with Crippen LogP contribution in [-0.4, -0.2) is 10.7 Å². The van der Waals surface area contributed by atoms with E-state index in [9.17, 15) is 5.11 Å². The monoisotopic (exact) mass is 330 g/mol. The van der Waals surface area contributed by atoms with E-state index in [-0.39, 0.29) is 5.60 Å². The Kier molecular flexibility index (Phi) is 5.37. The summed E-state index contributed by atoms with van der Waals surface area (Å²) in [5.74, 6) is 4.08. The molecule has 3 atom stereocenters. The molecule has 2 bridgehead atoms. The predicted octanol–water partition coefficient (Wildman–Crippen LogP) is 6.26. The molecule has 0 aromatic carbocycles. The Hall–Kier alpha value is -0.300. The minimum atomic E-state index is -0.303. The highest BCUT2D eigenvalue weighted by molar-refractivity contribution is 5.09. The molecule has 1 heteroatoms. The van der Waals surface area contributed by atoms with E-state index in [2.05, 4.69) is 12.2 Å². The van der Waals surface area contributed by atoms with E-state index in [0.717, 1.165) is 24.2 Å². The van der Waals surface area contributed by atoms with Crippen molar-refractivity contribution in [3.8, 4) is 0 Å². The van der Waals surface area contributed by atoms with Gasteiger partial charge in [0.05, 0.1) is 5.60 Å². The van der Waals surface area contributed by atoms with Crippen molar-refractivity contribution in [2.24, 2.45) is 29.6 Å². The maximum absolute atomic E-state index is 11.6. The van der Waals surface area contributed by atoms with E-state index >= 15 is 0 Å². The first-order valence-electron chi connectivity index (χ1n) is 11.2. The van der Waals surface area contributed by atoms with Crippen LogP contribution in [0.15, 0.2) is 12.2 Å². The van der Waals surface area contributed by atoms with Crippen LogP contribution < -0.4 is 0 Å². The Morgan fingerprint density at radius 2 is 1.46 bits per heavy atom. The summed E-state index contributed by atoms with van der Waals surface area (Å²) >= 11 is 0. The Morgan fingerprint density at radius 3 is 2.00 bits per heavy atom. The lowest BCUT2D eigenvalue weighted by Crippen LogP contribution is -2.43. The number of rotatable bonds is 8. The van der Waals surface area contributed by atoms with Gasteiger partial charge in [0.1, 0.15) is 0 Å². The first kappa shape index (κ1) is 17.1. The molecule has 24 heavy (non-hydrogen) atoms. The fourth-order valence-electron chi connectivity index (χ4n) is 6.81. The normalized spacial score (nSPS) is 34.0. The second-order valence-electron chi connectivity index (χ2n) is 9.59. The van der Waals surface area contributed by atoms with Crippen LogP contribution in [0.4, 0.5) is 0 Å². The van der Waals surface area contributed by atoms with Crippen LogP contribution in [0.1, 0.15) is 96.3 Å². The highest BCUT2D eigenvalue weighted by Gasteiger charge is 2.44. The second-order valence-corrected chi connectivity index (χ2v) is 9.59. The zero-order valence-corrected chi connectivity index (χ0v) is 15.6. The van der Waals surface area contributed by atoms with Crippen LogP contribution in [0.2, 0.25) is 0 Å². The molecule has 0 spiro atoms. The zero-order chi connectivity index (χ0) is 16.4. The van der Waals surface area contributed by atoms with E-state index in [1.165, 1.54) is 89.9 Å². The third-order valence-corrected chi connectivity index (χ3v) is 8.19. The summed E-state index contributed by atoms with van der Waals surface area (Å²) in [6.45, 7) is 0. The van der Waals surface area contributed by atoms with E-state index in [0.29, 0.717) is 11.8 Å². The average molecular weight is 331 g/mol. The van der Waals surface area contributed by atoms with E-state index in [1.807, 2.05) is 0 Å². The molecule has 3 fully saturated rings. The molecule has 0 saturated heterocycles. The molecule has 136 valence electrons. The van der Waals surface area contributed by atoms with Crippen molar-refractivity contribution in [1.29, 1.82) is 0 Å². The van der Waals surface area contributed by atoms with E-state index < -0.39 is 0 Å². The van der Waals surface area contributed by atoms with Gasteiger partial charge in [-0.1, -0.05) is 57.1 Å². The lowest BCUT2D eigenvalue weighted by molar-refractivity contribution is -0.0747. The number of aliphatic hydroxyl groups is 1. The number of allylic oxidation sites excluding steroid dienone is 2. The molecule has 0 radical (unpaired) electrons. The quantitative estimate of drug-likeness (QED) is 0.411. The van der Waals surface area contributed by atoms with Crippen LogP contribution >= 0.6 is 0 Å². The van der Waals surface area contributed by atoms with Gasteiger partial charge in [-0.05, 0) is 81.0 Å². The SMILES string of the molecule is OC(CCCCCC1CC2C=CC1C2)(C1CCCC1)C1CCCC1. The van der Waals surface area contributed by atoms with E-state index in [1.54, 1.807) is 0 Å². The average Bonchev–Trinajstić information content (AvgIpc) is 3.40. The standard InChI is InChI=1S/C23H38O/c24-23(21-9-3-4-10-21,22-11-5-6-12-22)15-7-1-2-8-19-16-18-13-14-20(19)17-18/h13-14,18-22,24H,1-12,15-17H2.